The molecule has 2 atom stereocenters. The molecule has 2 N–H and O–H groups in total. The molecule has 182 valence electrons. The minimum absolute atomic E-state index is 0.0911. The topological polar surface area (TPSA) is 109 Å². The quantitative estimate of drug-likeness (QED) is 0.652. The number of ether oxygens (including phenoxy) is 1. The van der Waals surface area contributed by atoms with Gasteiger partial charge in [0.05, 0.1) is 17.5 Å². The lowest BCUT2D eigenvalue weighted by Gasteiger charge is -2.47. The summed E-state index contributed by atoms with van der Waals surface area (Å²) in [5.41, 5.74) is 2.06. The molecule has 1 aromatic heterocycles. The average Bonchev–Trinajstić information content (AvgIpc) is 3.30. The predicted molar refractivity (Wildman–Crippen MR) is 126 cm³/mol. The van der Waals surface area contributed by atoms with Crippen molar-refractivity contribution < 1.29 is 23.8 Å². The van der Waals surface area contributed by atoms with Crippen molar-refractivity contribution in [3.05, 3.63) is 39.2 Å². The van der Waals surface area contributed by atoms with Crippen molar-refractivity contribution >= 4 is 22.8 Å². The summed E-state index contributed by atoms with van der Waals surface area (Å²) in [6, 6.07) is 3.66. The van der Waals surface area contributed by atoms with Crippen molar-refractivity contribution in [2.75, 3.05) is 26.2 Å². The van der Waals surface area contributed by atoms with Gasteiger partial charge in [0, 0.05) is 24.6 Å². The van der Waals surface area contributed by atoms with Crippen LogP contribution in [0.3, 0.4) is 0 Å². The van der Waals surface area contributed by atoms with Crippen molar-refractivity contribution in [2.24, 2.45) is 5.92 Å². The second kappa shape index (κ2) is 9.06. The molecule has 1 saturated carbocycles. The van der Waals surface area contributed by atoms with Gasteiger partial charge in [0.1, 0.15) is 11.3 Å². The number of carbonyl (C=O) groups excluding carboxylic acids is 2. The molecule has 3 aliphatic rings. The number of aliphatic hydroxyl groups is 1. The maximum absolute atomic E-state index is 12.7. The lowest BCUT2D eigenvalue weighted by molar-refractivity contribution is -0.143. The zero-order chi connectivity index (χ0) is 23.9. The largest absolute Gasteiger partial charge is 0.483 e. The van der Waals surface area contributed by atoms with Crippen molar-refractivity contribution in [1.82, 2.24) is 10.2 Å². The molecule has 0 spiro atoms. The maximum atomic E-state index is 12.7. The number of piperidine rings is 1. The van der Waals surface area contributed by atoms with Crippen LogP contribution in [0.25, 0.3) is 11.0 Å². The van der Waals surface area contributed by atoms with Crippen LogP contribution in [0, 0.1) is 12.8 Å². The monoisotopic (exact) mass is 468 g/mol. The van der Waals surface area contributed by atoms with Gasteiger partial charge in [-0.05, 0) is 68.7 Å². The Labute approximate surface area is 198 Å². The molecule has 34 heavy (non-hydrogen) atoms. The van der Waals surface area contributed by atoms with E-state index in [-0.39, 0.29) is 36.5 Å². The van der Waals surface area contributed by atoms with Crippen LogP contribution in [0.1, 0.15) is 55.2 Å². The van der Waals surface area contributed by atoms with Gasteiger partial charge >= 0.3 is 5.63 Å². The Morgan fingerprint density at radius 2 is 2.03 bits per heavy atom. The number of carbonyl (C=O) groups is 2. The molecule has 2 aliphatic carbocycles. The molecule has 0 unspecified atom stereocenters. The second-order valence-electron chi connectivity index (χ2n) is 10.0. The number of aryl methyl sites for hydroxylation is 2. The summed E-state index contributed by atoms with van der Waals surface area (Å²) in [4.78, 5) is 39.2. The van der Waals surface area contributed by atoms with Crippen LogP contribution in [0.15, 0.2) is 21.3 Å². The van der Waals surface area contributed by atoms with Gasteiger partial charge in [0.15, 0.2) is 6.61 Å². The van der Waals surface area contributed by atoms with Crippen LogP contribution in [0.2, 0.25) is 0 Å². The van der Waals surface area contributed by atoms with E-state index >= 15 is 0 Å². The van der Waals surface area contributed by atoms with Gasteiger partial charge in [-0.2, -0.15) is 0 Å². The van der Waals surface area contributed by atoms with Crippen molar-refractivity contribution in [3.63, 3.8) is 0 Å². The first-order valence-corrected chi connectivity index (χ1v) is 12.3. The summed E-state index contributed by atoms with van der Waals surface area (Å²) < 4.78 is 11.4. The SMILES string of the molecule is Cc1cc(OCC(=O)NCC(=O)N2CC[C@]3(O)CCCC[C@@H]3C2)c2c3c(c(=O)oc2c1)CCC3. The lowest BCUT2D eigenvalue weighted by Crippen LogP contribution is -2.56. The Morgan fingerprint density at radius 3 is 2.88 bits per heavy atom. The van der Waals surface area contributed by atoms with Crippen molar-refractivity contribution in [1.29, 1.82) is 0 Å². The van der Waals surface area contributed by atoms with Crippen LogP contribution in [-0.4, -0.2) is 53.7 Å². The van der Waals surface area contributed by atoms with E-state index in [1.54, 1.807) is 4.90 Å². The number of hydrogen-bond acceptors (Lipinski definition) is 6. The summed E-state index contributed by atoms with van der Waals surface area (Å²) in [6.07, 6.45) is 6.85. The van der Waals surface area contributed by atoms with E-state index in [4.69, 9.17) is 9.15 Å². The molecular weight excluding hydrogens is 436 g/mol. The van der Waals surface area contributed by atoms with Crippen LogP contribution < -0.4 is 15.7 Å². The summed E-state index contributed by atoms with van der Waals surface area (Å²) in [5, 5.41) is 14.2. The molecule has 2 heterocycles. The Bertz CT molecular complexity index is 1190. The van der Waals surface area contributed by atoms with Gasteiger partial charge in [-0.25, -0.2) is 4.79 Å². The summed E-state index contributed by atoms with van der Waals surface area (Å²) in [7, 11) is 0. The molecule has 2 fully saturated rings. The van der Waals surface area contributed by atoms with Gasteiger partial charge < -0.3 is 24.5 Å². The summed E-state index contributed by atoms with van der Waals surface area (Å²) in [5.74, 6) is 0.116. The van der Waals surface area contributed by atoms with Crippen LogP contribution in [-0.2, 0) is 22.4 Å². The van der Waals surface area contributed by atoms with Gasteiger partial charge in [0.25, 0.3) is 5.91 Å². The highest BCUT2D eigenvalue weighted by Gasteiger charge is 2.43. The van der Waals surface area contributed by atoms with E-state index in [0.717, 1.165) is 55.0 Å². The fraction of sp³-hybridized carbons (Fsp3) is 0.577. The smallest absolute Gasteiger partial charge is 0.339 e. The Morgan fingerprint density at radius 1 is 1.21 bits per heavy atom. The number of hydrogen-bond donors (Lipinski definition) is 2. The number of fused-ring (bicyclic) bond motifs is 4. The standard InChI is InChI=1S/C26H32N2O6/c1-16-11-20(24-18-6-4-7-19(18)25(31)34-21(24)12-16)33-15-22(29)27-13-23(30)28-10-9-26(32)8-3-2-5-17(26)14-28/h11-12,17,32H,2-10,13-15H2,1H3,(H,27,29)/t17-,26-/m1/s1. The molecule has 5 rings (SSSR count). The van der Waals surface area contributed by atoms with Crippen molar-refractivity contribution in [2.45, 2.75) is 63.9 Å². The third kappa shape index (κ3) is 4.31. The fourth-order valence-corrected chi connectivity index (χ4v) is 5.90. The molecule has 8 heteroatoms. The third-order valence-electron chi connectivity index (χ3n) is 7.75. The number of nitrogens with one attached hydrogen (secondary N) is 1. The van der Waals surface area contributed by atoms with Gasteiger partial charge in [-0.15, -0.1) is 0 Å². The molecule has 1 saturated heterocycles. The molecule has 1 aliphatic heterocycles. The summed E-state index contributed by atoms with van der Waals surface area (Å²) >= 11 is 0. The highest BCUT2D eigenvalue weighted by atomic mass is 16.5. The molecule has 2 aromatic rings. The van der Waals surface area contributed by atoms with Gasteiger partial charge in [-0.3, -0.25) is 9.59 Å². The normalized spacial score (nSPS) is 23.9. The minimum Gasteiger partial charge on any atom is -0.483 e. The first kappa shape index (κ1) is 22.9. The van der Waals surface area contributed by atoms with Crippen LogP contribution >= 0.6 is 0 Å². The fourth-order valence-electron chi connectivity index (χ4n) is 5.90. The highest BCUT2D eigenvalue weighted by Crippen LogP contribution is 2.39. The van der Waals surface area contributed by atoms with Crippen LogP contribution in [0.5, 0.6) is 5.75 Å². The molecule has 0 bridgehead atoms. The van der Waals surface area contributed by atoms with Gasteiger partial charge in [-0.1, -0.05) is 12.8 Å². The number of amides is 2. The molecule has 0 radical (unpaired) electrons. The van der Waals surface area contributed by atoms with E-state index in [0.29, 0.717) is 42.8 Å². The minimum atomic E-state index is -0.637. The van der Waals surface area contributed by atoms with Gasteiger partial charge in [0.2, 0.25) is 5.91 Å². The van der Waals surface area contributed by atoms with E-state index in [9.17, 15) is 19.5 Å². The van der Waals surface area contributed by atoms with E-state index in [1.807, 2.05) is 19.1 Å². The molecular formula is C26H32N2O6. The number of benzene rings is 1. The molecule has 2 amide bonds. The van der Waals surface area contributed by atoms with E-state index in [2.05, 4.69) is 5.32 Å². The zero-order valence-electron chi connectivity index (χ0n) is 19.7. The molecule has 1 aromatic carbocycles. The molecule has 8 nitrogen and oxygen atoms in total. The van der Waals surface area contributed by atoms with Crippen molar-refractivity contribution in [3.8, 4) is 5.75 Å². The zero-order valence-corrected chi connectivity index (χ0v) is 19.7. The predicted octanol–water partition coefficient (Wildman–Crippen LogP) is 2.24. The Hall–Kier alpha value is -2.87. The first-order chi connectivity index (χ1) is 16.3. The Kier molecular flexibility index (Phi) is 6.10. The second-order valence-corrected chi connectivity index (χ2v) is 10.0. The third-order valence-corrected chi connectivity index (χ3v) is 7.75. The van der Waals surface area contributed by atoms with Crippen LogP contribution in [0.4, 0.5) is 0 Å². The van der Waals surface area contributed by atoms with E-state index < -0.39 is 5.60 Å². The number of likely N-dealkylation sites (tertiary alicyclic amines) is 1. The summed E-state index contributed by atoms with van der Waals surface area (Å²) in [6.45, 7) is 2.62. The number of nitrogens with zero attached hydrogens (tertiary/aromatic N) is 1. The maximum Gasteiger partial charge on any atom is 0.339 e. The van der Waals surface area contributed by atoms with E-state index in [1.165, 1.54) is 0 Å². The highest BCUT2D eigenvalue weighted by molar-refractivity contribution is 5.90. The average molecular weight is 469 g/mol. The lowest BCUT2D eigenvalue weighted by atomic mass is 9.71. The first-order valence-electron chi connectivity index (χ1n) is 12.3. The Balaban J connectivity index is 1.20. The number of rotatable bonds is 5.